The monoisotopic (exact) mass is 571 g/mol. The van der Waals surface area contributed by atoms with Crippen LogP contribution < -0.4 is 0 Å². The molecule has 1 aromatic heterocycles. The Morgan fingerprint density at radius 1 is 0.743 bits per heavy atom. The molecule has 2 aromatic carbocycles. The number of benzene rings is 2. The van der Waals surface area contributed by atoms with Gasteiger partial charge in [-0.25, -0.2) is 9.98 Å². The fraction of sp³-hybridized carbons (Fsp3) is 0.321. The number of halogens is 3. The Hall–Kier alpha value is -1.68. The predicted molar refractivity (Wildman–Crippen MR) is 150 cm³/mol. The maximum atomic E-state index is 6.37. The van der Waals surface area contributed by atoms with Crippen molar-refractivity contribution < 1.29 is 13.1 Å². The SMILES string of the molecule is CC(=Nc1c(C)cccc1Cl)c1cccc(C(C)=Nc2c(C(C)C)cccc2C(C)C)n1.[Cl][Fe][Cl]. The van der Waals surface area contributed by atoms with Gasteiger partial charge >= 0.3 is 33.3 Å². The van der Waals surface area contributed by atoms with Gasteiger partial charge in [-0.15, -0.1) is 0 Å². The molecule has 0 atom stereocenters. The Kier molecular flexibility index (Phi) is 12.0. The molecule has 0 aliphatic rings. The second-order valence-electron chi connectivity index (χ2n) is 8.85. The van der Waals surface area contributed by atoms with Crippen LogP contribution in [-0.4, -0.2) is 16.4 Å². The van der Waals surface area contributed by atoms with Gasteiger partial charge in [-0.3, -0.25) is 4.99 Å². The molecular formula is C28H32Cl3FeN3. The van der Waals surface area contributed by atoms with Gasteiger partial charge < -0.3 is 0 Å². The average Bonchev–Trinajstić information content (AvgIpc) is 2.81. The summed E-state index contributed by atoms with van der Waals surface area (Å²) in [5.41, 5.74) is 8.80. The molecule has 0 unspecified atom stereocenters. The van der Waals surface area contributed by atoms with Gasteiger partial charge in [-0.1, -0.05) is 75.7 Å². The zero-order valence-corrected chi connectivity index (χ0v) is 24.6. The number of aliphatic imine (C=N–C) groups is 2. The maximum absolute atomic E-state index is 6.37. The third kappa shape index (κ3) is 8.17. The van der Waals surface area contributed by atoms with Crippen LogP contribution in [-0.2, 0) is 13.1 Å². The number of aromatic nitrogens is 1. The van der Waals surface area contributed by atoms with E-state index in [-0.39, 0.29) is 13.1 Å². The van der Waals surface area contributed by atoms with E-state index < -0.39 is 0 Å². The Morgan fingerprint density at radius 3 is 1.63 bits per heavy atom. The van der Waals surface area contributed by atoms with Gasteiger partial charge in [0, 0.05) is 0 Å². The van der Waals surface area contributed by atoms with Gasteiger partial charge in [0.2, 0.25) is 0 Å². The molecule has 0 aliphatic heterocycles. The predicted octanol–water partition coefficient (Wildman–Crippen LogP) is 9.95. The van der Waals surface area contributed by atoms with Crippen LogP contribution in [0.15, 0.2) is 64.6 Å². The van der Waals surface area contributed by atoms with E-state index in [2.05, 4.69) is 45.9 Å². The molecular weight excluding hydrogens is 541 g/mol. The number of para-hydroxylation sites is 2. The Balaban J connectivity index is 0.00000137. The van der Waals surface area contributed by atoms with Crippen molar-refractivity contribution in [3.05, 3.63) is 87.7 Å². The van der Waals surface area contributed by atoms with Gasteiger partial charge in [-0.05, 0) is 67.5 Å². The van der Waals surface area contributed by atoms with Gasteiger partial charge in [-0.2, -0.15) is 0 Å². The summed E-state index contributed by atoms with van der Waals surface area (Å²) in [6.07, 6.45) is 0. The zero-order valence-electron chi connectivity index (χ0n) is 21.2. The van der Waals surface area contributed by atoms with E-state index >= 15 is 0 Å². The summed E-state index contributed by atoms with van der Waals surface area (Å²) >= 11 is 6.56. The Labute approximate surface area is 229 Å². The van der Waals surface area contributed by atoms with Crippen LogP contribution in [0.5, 0.6) is 0 Å². The molecule has 0 radical (unpaired) electrons. The molecule has 3 rings (SSSR count). The second kappa shape index (κ2) is 14.2. The number of hydrogen-bond acceptors (Lipinski definition) is 3. The first-order chi connectivity index (χ1) is 16.6. The summed E-state index contributed by atoms with van der Waals surface area (Å²) in [6, 6.07) is 18.3. The molecule has 7 heteroatoms. The minimum absolute atomic E-state index is 0.194. The summed E-state index contributed by atoms with van der Waals surface area (Å²) in [4.78, 5) is 14.7. The molecule has 3 nitrogen and oxygen atoms in total. The van der Waals surface area contributed by atoms with Gasteiger partial charge in [0.1, 0.15) is 0 Å². The molecule has 0 bridgehead atoms. The molecule has 1 heterocycles. The van der Waals surface area contributed by atoms with Gasteiger partial charge in [0.05, 0.1) is 39.2 Å². The number of pyridine rings is 1. The van der Waals surface area contributed by atoms with Crippen LogP contribution in [0, 0.1) is 6.92 Å². The van der Waals surface area contributed by atoms with Crippen molar-refractivity contribution in [2.45, 2.75) is 60.3 Å². The first-order valence-corrected chi connectivity index (χ1v) is 14.8. The fourth-order valence-corrected chi connectivity index (χ4v) is 3.96. The Bertz CT molecular complexity index is 1160. The minimum atomic E-state index is 0.194. The third-order valence-electron chi connectivity index (χ3n) is 5.58. The van der Waals surface area contributed by atoms with E-state index in [1.165, 1.54) is 11.1 Å². The summed E-state index contributed by atoms with van der Waals surface area (Å²) in [5.74, 6) is 0.792. The average molecular weight is 573 g/mol. The summed E-state index contributed by atoms with van der Waals surface area (Å²) in [5, 5.41) is 0.643. The summed E-state index contributed by atoms with van der Waals surface area (Å²) in [7, 11) is 9.53. The summed E-state index contributed by atoms with van der Waals surface area (Å²) < 4.78 is 0. The van der Waals surface area contributed by atoms with Crippen molar-refractivity contribution in [3.63, 3.8) is 0 Å². The molecule has 0 spiro atoms. The third-order valence-corrected chi connectivity index (χ3v) is 5.89. The van der Waals surface area contributed by atoms with E-state index in [1.807, 2.05) is 57.2 Å². The molecule has 0 saturated heterocycles. The van der Waals surface area contributed by atoms with Crippen LogP contribution >= 0.6 is 31.8 Å². The van der Waals surface area contributed by atoms with Crippen molar-refractivity contribution in [1.82, 2.24) is 4.98 Å². The first-order valence-electron chi connectivity index (χ1n) is 11.4. The normalized spacial score (nSPS) is 12.2. The van der Waals surface area contributed by atoms with Crippen LogP contribution in [0.25, 0.3) is 0 Å². The van der Waals surface area contributed by atoms with Crippen LogP contribution in [0.2, 0.25) is 5.02 Å². The zero-order chi connectivity index (χ0) is 26.1. The van der Waals surface area contributed by atoms with Crippen LogP contribution in [0.1, 0.15) is 81.5 Å². The standard InChI is InChI=1S/C28H32ClN3.2ClH.Fe/c1-17(2)22-12-9-13-23(18(3)4)28(22)31-21(7)26-16-10-15-25(32-26)20(6)30-27-19(5)11-8-14-24(27)29;;;/h8-18H,1-7H3;2*1H;/q;;;+2/p-2. The number of nitrogens with zero attached hydrogens (tertiary/aromatic N) is 3. The number of hydrogen-bond donors (Lipinski definition) is 0. The van der Waals surface area contributed by atoms with Gasteiger partial charge in [0.15, 0.2) is 0 Å². The van der Waals surface area contributed by atoms with Crippen molar-refractivity contribution >= 4 is 54.6 Å². The molecule has 0 amide bonds. The van der Waals surface area contributed by atoms with Crippen molar-refractivity contribution in [1.29, 1.82) is 0 Å². The molecule has 0 N–H and O–H groups in total. The molecule has 3 aromatic rings. The topological polar surface area (TPSA) is 37.6 Å². The fourth-order valence-electron chi connectivity index (χ4n) is 3.69. The molecule has 0 aliphatic carbocycles. The van der Waals surface area contributed by atoms with Crippen LogP contribution in [0.4, 0.5) is 11.4 Å². The molecule has 35 heavy (non-hydrogen) atoms. The Morgan fingerprint density at radius 2 is 1.17 bits per heavy atom. The van der Waals surface area contributed by atoms with E-state index in [0.29, 0.717) is 16.9 Å². The van der Waals surface area contributed by atoms with E-state index in [9.17, 15) is 0 Å². The van der Waals surface area contributed by atoms with E-state index in [1.54, 1.807) is 0 Å². The van der Waals surface area contributed by atoms with Crippen LogP contribution in [0.3, 0.4) is 0 Å². The van der Waals surface area contributed by atoms with Crippen molar-refractivity contribution in [2.75, 3.05) is 0 Å². The number of rotatable bonds is 6. The molecule has 188 valence electrons. The van der Waals surface area contributed by atoms with Crippen molar-refractivity contribution in [3.8, 4) is 0 Å². The second-order valence-corrected chi connectivity index (χ2v) is 11.1. The number of aryl methyl sites for hydroxylation is 1. The first kappa shape index (κ1) is 29.5. The van der Waals surface area contributed by atoms with Crippen molar-refractivity contribution in [2.24, 2.45) is 9.98 Å². The quantitative estimate of drug-likeness (QED) is 0.214. The van der Waals surface area contributed by atoms with E-state index in [0.717, 1.165) is 39.7 Å². The van der Waals surface area contributed by atoms with E-state index in [4.69, 9.17) is 46.8 Å². The summed E-state index contributed by atoms with van der Waals surface area (Å²) in [6.45, 7) is 14.8. The molecule has 0 fully saturated rings. The van der Waals surface area contributed by atoms with Gasteiger partial charge in [0.25, 0.3) is 0 Å². The molecule has 0 saturated carbocycles.